The molecule has 1 N–H and O–H groups in total. The number of methoxy groups -OCH3 is 1. The van der Waals surface area contributed by atoms with Gasteiger partial charge in [-0.15, -0.1) is 0 Å². The lowest BCUT2D eigenvalue weighted by Crippen LogP contribution is -2.20. The van der Waals surface area contributed by atoms with Crippen LogP contribution in [0, 0.1) is 5.82 Å². The molecule has 1 unspecified atom stereocenters. The van der Waals surface area contributed by atoms with E-state index >= 15 is 0 Å². The number of benzene rings is 1. The van der Waals surface area contributed by atoms with Crippen LogP contribution in [-0.2, 0) is 4.84 Å². The molecule has 0 spiro atoms. The minimum Gasteiger partial charge on any atom is -0.496 e. The number of ether oxygens (including phenoxy) is 1. The molecule has 0 heterocycles. The van der Waals surface area contributed by atoms with Gasteiger partial charge >= 0.3 is 0 Å². The Morgan fingerprint density at radius 3 is 2.80 bits per heavy atom. The van der Waals surface area contributed by atoms with Crippen molar-refractivity contribution in [2.45, 2.75) is 19.9 Å². The van der Waals surface area contributed by atoms with Gasteiger partial charge < -0.3 is 9.57 Å². The molecule has 0 saturated carbocycles. The van der Waals surface area contributed by atoms with Crippen molar-refractivity contribution in [2.24, 2.45) is 0 Å². The summed E-state index contributed by atoms with van der Waals surface area (Å²) in [5.41, 5.74) is 3.22. The average Bonchev–Trinajstić information content (AvgIpc) is 2.25. The second-order valence-electron chi connectivity index (χ2n) is 3.13. The molecular weight excluding hydrogens is 197 g/mol. The van der Waals surface area contributed by atoms with Crippen LogP contribution in [0.5, 0.6) is 5.75 Å². The van der Waals surface area contributed by atoms with Gasteiger partial charge in [-0.3, -0.25) is 0 Å². The van der Waals surface area contributed by atoms with Crippen molar-refractivity contribution in [3.63, 3.8) is 0 Å². The highest BCUT2D eigenvalue weighted by Crippen LogP contribution is 2.27. The van der Waals surface area contributed by atoms with Gasteiger partial charge in [0.1, 0.15) is 11.6 Å². The van der Waals surface area contributed by atoms with E-state index in [0.717, 1.165) is 0 Å². The van der Waals surface area contributed by atoms with Crippen molar-refractivity contribution in [2.75, 3.05) is 13.7 Å². The fourth-order valence-corrected chi connectivity index (χ4v) is 1.38. The predicted molar refractivity (Wildman–Crippen MR) is 56.1 cm³/mol. The lowest BCUT2D eigenvalue weighted by atomic mass is 10.1. The SMILES string of the molecule is CCONC(C)c1c(F)cccc1OC. The highest BCUT2D eigenvalue weighted by molar-refractivity contribution is 5.36. The zero-order chi connectivity index (χ0) is 11.3. The van der Waals surface area contributed by atoms with Gasteiger partial charge in [0.05, 0.1) is 19.8 Å². The Hall–Kier alpha value is -1.13. The summed E-state index contributed by atoms with van der Waals surface area (Å²) in [6.45, 7) is 4.20. The number of rotatable bonds is 5. The molecule has 15 heavy (non-hydrogen) atoms. The zero-order valence-corrected chi connectivity index (χ0v) is 9.21. The number of hydrogen-bond donors (Lipinski definition) is 1. The van der Waals surface area contributed by atoms with Crippen LogP contribution >= 0.6 is 0 Å². The Morgan fingerprint density at radius 1 is 1.47 bits per heavy atom. The molecule has 84 valence electrons. The third kappa shape index (κ3) is 2.91. The maximum Gasteiger partial charge on any atom is 0.131 e. The molecule has 4 heteroatoms. The minimum atomic E-state index is -0.297. The van der Waals surface area contributed by atoms with Crippen molar-refractivity contribution < 1.29 is 14.0 Å². The zero-order valence-electron chi connectivity index (χ0n) is 9.21. The maximum absolute atomic E-state index is 13.5. The third-order valence-electron chi connectivity index (χ3n) is 2.07. The van der Waals surface area contributed by atoms with E-state index < -0.39 is 0 Å². The molecule has 0 saturated heterocycles. The van der Waals surface area contributed by atoms with Crippen LogP contribution in [0.2, 0.25) is 0 Å². The Labute approximate surface area is 89.2 Å². The molecule has 1 rings (SSSR count). The molecule has 0 aliphatic rings. The topological polar surface area (TPSA) is 30.5 Å². The summed E-state index contributed by atoms with van der Waals surface area (Å²) >= 11 is 0. The van der Waals surface area contributed by atoms with Crippen LogP contribution in [0.1, 0.15) is 25.5 Å². The van der Waals surface area contributed by atoms with E-state index in [1.165, 1.54) is 13.2 Å². The highest BCUT2D eigenvalue weighted by Gasteiger charge is 2.15. The van der Waals surface area contributed by atoms with Gasteiger partial charge in [-0.05, 0) is 26.0 Å². The molecule has 0 radical (unpaired) electrons. The van der Waals surface area contributed by atoms with E-state index in [4.69, 9.17) is 9.57 Å². The van der Waals surface area contributed by atoms with E-state index in [1.54, 1.807) is 12.1 Å². The fourth-order valence-electron chi connectivity index (χ4n) is 1.38. The average molecular weight is 213 g/mol. The summed E-state index contributed by atoms with van der Waals surface area (Å²) < 4.78 is 18.6. The Balaban J connectivity index is 2.90. The second-order valence-corrected chi connectivity index (χ2v) is 3.13. The van der Waals surface area contributed by atoms with Crippen molar-refractivity contribution >= 4 is 0 Å². The van der Waals surface area contributed by atoms with E-state index in [2.05, 4.69) is 5.48 Å². The molecular formula is C11H16FNO2. The summed E-state index contributed by atoms with van der Waals surface area (Å²) in [6.07, 6.45) is 0. The molecule has 0 aromatic heterocycles. The molecule has 0 fully saturated rings. The van der Waals surface area contributed by atoms with Gasteiger partial charge in [-0.1, -0.05) is 6.07 Å². The number of nitrogens with one attached hydrogen (secondary N) is 1. The Bertz CT molecular complexity index is 317. The van der Waals surface area contributed by atoms with Crippen LogP contribution in [0.4, 0.5) is 4.39 Å². The molecule has 0 amide bonds. The van der Waals surface area contributed by atoms with Crippen molar-refractivity contribution in [1.82, 2.24) is 5.48 Å². The summed E-state index contributed by atoms with van der Waals surface area (Å²) in [5, 5.41) is 0. The first-order valence-electron chi connectivity index (χ1n) is 4.90. The Morgan fingerprint density at radius 2 is 2.20 bits per heavy atom. The van der Waals surface area contributed by atoms with E-state index in [9.17, 15) is 4.39 Å². The molecule has 0 aliphatic heterocycles. The summed E-state index contributed by atoms with van der Waals surface area (Å²) in [4.78, 5) is 5.03. The van der Waals surface area contributed by atoms with Crippen molar-refractivity contribution in [3.05, 3.63) is 29.6 Å². The van der Waals surface area contributed by atoms with Gasteiger partial charge in [0.15, 0.2) is 0 Å². The van der Waals surface area contributed by atoms with Crippen LogP contribution in [0.25, 0.3) is 0 Å². The normalized spacial score (nSPS) is 12.5. The van der Waals surface area contributed by atoms with E-state index in [0.29, 0.717) is 17.9 Å². The first-order valence-corrected chi connectivity index (χ1v) is 4.90. The standard InChI is InChI=1S/C11H16FNO2/c1-4-15-13-8(2)11-9(12)6-5-7-10(11)14-3/h5-8,13H,4H2,1-3H3. The van der Waals surface area contributed by atoms with E-state index in [-0.39, 0.29) is 11.9 Å². The van der Waals surface area contributed by atoms with Gasteiger partial charge in [0.25, 0.3) is 0 Å². The molecule has 1 aromatic carbocycles. The second kappa shape index (κ2) is 5.68. The largest absolute Gasteiger partial charge is 0.496 e. The smallest absolute Gasteiger partial charge is 0.131 e. The van der Waals surface area contributed by atoms with Gasteiger partial charge in [0, 0.05) is 5.56 Å². The monoisotopic (exact) mass is 213 g/mol. The van der Waals surface area contributed by atoms with Crippen LogP contribution in [-0.4, -0.2) is 13.7 Å². The number of hydrogen-bond acceptors (Lipinski definition) is 3. The van der Waals surface area contributed by atoms with Gasteiger partial charge in [-0.25, -0.2) is 4.39 Å². The first-order chi connectivity index (χ1) is 7.20. The minimum absolute atomic E-state index is 0.249. The summed E-state index contributed by atoms with van der Waals surface area (Å²) in [5.74, 6) is 0.226. The quantitative estimate of drug-likeness (QED) is 0.762. The lowest BCUT2D eigenvalue weighted by molar-refractivity contribution is 0.0271. The lowest BCUT2D eigenvalue weighted by Gasteiger charge is -2.17. The van der Waals surface area contributed by atoms with Crippen LogP contribution in [0.3, 0.4) is 0 Å². The molecule has 1 aromatic rings. The molecule has 1 atom stereocenters. The van der Waals surface area contributed by atoms with Crippen LogP contribution in [0.15, 0.2) is 18.2 Å². The predicted octanol–water partition coefficient (Wildman–Crippen LogP) is 2.44. The number of halogens is 1. The molecule has 3 nitrogen and oxygen atoms in total. The summed E-state index contributed by atoms with van der Waals surface area (Å²) in [7, 11) is 1.52. The third-order valence-corrected chi connectivity index (χ3v) is 2.07. The molecule has 0 aliphatic carbocycles. The fraction of sp³-hybridized carbons (Fsp3) is 0.455. The van der Waals surface area contributed by atoms with Gasteiger partial charge in [-0.2, -0.15) is 5.48 Å². The molecule has 0 bridgehead atoms. The summed E-state index contributed by atoms with van der Waals surface area (Å²) in [6, 6.07) is 4.50. The van der Waals surface area contributed by atoms with E-state index in [1.807, 2.05) is 13.8 Å². The number of hydroxylamine groups is 1. The maximum atomic E-state index is 13.5. The van der Waals surface area contributed by atoms with Crippen molar-refractivity contribution in [1.29, 1.82) is 0 Å². The first kappa shape index (κ1) is 11.9. The van der Waals surface area contributed by atoms with Crippen molar-refractivity contribution in [3.8, 4) is 5.75 Å². The van der Waals surface area contributed by atoms with Gasteiger partial charge in [0.2, 0.25) is 0 Å². The highest BCUT2D eigenvalue weighted by atomic mass is 19.1. The Kier molecular flexibility index (Phi) is 4.52. The van der Waals surface area contributed by atoms with Crippen LogP contribution < -0.4 is 10.2 Å².